The molecule has 0 aromatic heterocycles. The van der Waals surface area contributed by atoms with Crippen LogP contribution >= 0.6 is 24.0 Å². The van der Waals surface area contributed by atoms with E-state index in [1.165, 1.54) is 11.3 Å². The fourth-order valence-electron chi connectivity index (χ4n) is 1.03. The van der Waals surface area contributed by atoms with Crippen molar-refractivity contribution in [3.05, 3.63) is 23.8 Å². The summed E-state index contributed by atoms with van der Waals surface area (Å²) in [6.45, 7) is 6.27. The van der Waals surface area contributed by atoms with Gasteiger partial charge in [0.05, 0.1) is 0 Å². The van der Waals surface area contributed by atoms with E-state index >= 15 is 0 Å². The zero-order valence-electron chi connectivity index (χ0n) is 9.54. The van der Waals surface area contributed by atoms with Gasteiger partial charge in [-0.1, -0.05) is 42.9 Å². The summed E-state index contributed by atoms with van der Waals surface area (Å²) in [4.78, 5) is 1.10. The van der Waals surface area contributed by atoms with Crippen molar-refractivity contribution in [1.29, 1.82) is 0 Å². The third kappa shape index (κ3) is 6.39. The van der Waals surface area contributed by atoms with Gasteiger partial charge in [-0.3, -0.25) is 0 Å². The lowest BCUT2D eigenvalue weighted by Gasteiger charge is -2.12. The summed E-state index contributed by atoms with van der Waals surface area (Å²) in [5.41, 5.74) is 1.35. The molecule has 0 N–H and O–H groups in total. The van der Waals surface area contributed by atoms with E-state index in [0.717, 1.165) is 11.3 Å². The summed E-state index contributed by atoms with van der Waals surface area (Å²) in [6.07, 6.45) is 9.76. The third-order valence-corrected chi connectivity index (χ3v) is 2.98. The third-order valence-electron chi connectivity index (χ3n) is 2.10. The largest absolute Gasteiger partial charge is 0.166 e. The minimum Gasteiger partial charge on any atom is -0.166 e. The van der Waals surface area contributed by atoms with Gasteiger partial charge in [-0.05, 0) is 37.1 Å². The van der Waals surface area contributed by atoms with Crippen molar-refractivity contribution < 1.29 is 0 Å². The van der Waals surface area contributed by atoms with Crippen molar-refractivity contribution in [2.75, 3.05) is 12.0 Å². The highest BCUT2D eigenvalue weighted by atomic mass is 32.2. The Balaban J connectivity index is 0.000000364. The van der Waals surface area contributed by atoms with Crippen molar-refractivity contribution in [2.45, 2.75) is 27.2 Å². The molecular formula is C12H20S2. The first-order chi connectivity index (χ1) is 6.61. The first-order valence-electron chi connectivity index (χ1n) is 4.96. The molecule has 2 heteroatoms. The van der Waals surface area contributed by atoms with Crippen molar-refractivity contribution >= 4 is 28.8 Å². The highest BCUT2D eigenvalue weighted by Gasteiger charge is 2.07. The second-order valence-electron chi connectivity index (χ2n) is 3.34. The maximum Gasteiger partial charge on any atom is 0.0117 e. The van der Waals surface area contributed by atoms with Crippen LogP contribution in [0.1, 0.15) is 27.2 Å². The zero-order valence-corrected chi connectivity index (χ0v) is 11.2. The summed E-state index contributed by atoms with van der Waals surface area (Å²) < 4.78 is 0. The Labute approximate surface area is 97.9 Å². The standard InChI is InChI=1S/C9H12S.C3H8S/c1-7-3-5-9(6-4-7)8(2)10;1-3-4-2/h3-5,9H,6H2,1-2H3;3H2,1-2H3. The van der Waals surface area contributed by atoms with Crippen LogP contribution < -0.4 is 0 Å². The van der Waals surface area contributed by atoms with Gasteiger partial charge in [0.1, 0.15) is 0 Å². The normalized spacial score (nSPS) is 19.4. The molecule has 0 saturated carbocycles. The molecule has 14 heavy (non-hydrogen) atoms. The van der Waals surface area contributed by atoms with Crippen molar-refractivity contribution in [1.82, 2.24) is 0 Å². The second-order valence-corrected chi connectivity index (χ2v) is 5.14. The molecule has 1 aliphatic rings. The average molecular weight is 228 g/mol. The van der Waals surface area contributed by atoms with Gasteiger partial charge in [-0.2, -0.15) is 11.8 Å². The first kappa shape index (κ1) is 13.9. The lowest BCUT2D eigenvalue weighted by Crippen LogP contribution is -2.06. The van der Waals surface area contributed by atoms with Crippen molar-refractivity contribution in [2.24, 2.45) is 5.92 Å². The van der Waals surface area contributed by atoms with E-state index in [9.17, 15) is 0 Å². The maximum atomic E-state index is 5.07. The first-order valence-corrected chi connectivity index (χ1v) is 6.76. The molecule has 0 nitrogen and oxygen atoms in total. The smallest absolute Gasteiger partial charge is 0.0117 e. The predicted octanol–water partition coefficient (Wildman–Crippen LogP) is 4.27. The van der Waals surface area contributed by atoms with E-state index in [0.29, 0.717) is 5.92 Å². The molecular weight excluding hydrogens is 208 g/mol. The van der Waals surface area contributed by atoms with Gasteiger partial charge >= 0.3 is 0 Å². The van der Waals surface area contributed by atoms with Gasteiger partial charge in [0, 0.05) is 5.92 Å². The summed E-state index contributed by atoms with van der Waals surface area (Å²) in [6, 6.07) is 0. The van der Waals surface area contributed by atoms with Crippen LogP contribution in [0.25, 0.3) is 0 Å². The topological polar surface area (TPSA) is 0 Å². The predicted molar refractivity (Wildman–Crippen MR) is 73.3 cm³/mol. The Morgan fingerprint density at radius 3 is 2.50 bits per heavy atom. The quantitative estimate of drug-likeness (QED) is 0.647. The van der Waals surface area contributed by atoms with Crippen LogP contribution in [0.5, 0.6) is 0 Å². The molecule has 80 valence electrons. The maximum absolute atomic E-state index is 5.07. The highest BCUT2D eigenvalue weighted by molar-refractivity contribution is 7.98. The highest BCUT2D eigenvalue weighted by Crippen LogP contribution is 2.17. The number of thioether (sulfide) groups is 1. The van der Waals surface area contributed by atoms with Crippen LogP contribution in [0.3, 0.4) is 0 Å². The van der Waals surface area contributed by atoms with E-state index in [-0.39, 0.29) is 0 Å². The van der Waals surface area contributed by atoms with Crippen LogP contribution in [0.2, 0.25) is 0 Å². The van der Waals surface area contributed by atoms with Crippen molar-refractivity contribution in [3.63, 3.8) is 0 Å². The van der Waals surface area contributed by atoms with Gasteiger partial charge in [-0.15, -0.1) is 0 Å². The van der Waals surface area contributed by atoms with E-state index in [2.05, 4.69) is 38.3 Å². The van der Waals surface area contributed by atoms with E-state index in [1.807, 2.05) is 18.7 Å². The van der Waals surface area contributed by atoms with Crippen LogP contribution in [-0.2, 0) is 0 Å². The molecule has 0 amide bonds. The van der Waals surface area contributed by atoms with Crippen molar-refractivity contribution in [3.8, 4) is 0 Å². The Morgan fingerprint density at radius 2 is 2.21 bits per heavy atom. The Bertz CT molecular complexity index is 224. The van der Waals surface area contributed by atoms with Crippen LogP contribution in [0, 0.1) is 5.92 Å². The fourth-order valence-corrected chi connectivity index (χ4v) is 1.20. The number of thiocarbonyl (C=S) groups is 1. The van der Waals surface area contributed by atoms with Crippen LogP contribution in [0.4, 0.5) is 0 Å². The van der Waals surface area contributed by atoms with Gasteiger partial charge in [0.2, 0.25) is 0 Å². The molecule has 0 fully saturated rings. The van der Waals surface area contributed by atoms with Gasteiger partial charge in [0.25, 0.3) is 0 Å². The van der Waals surface area contributed by atoms with E-state index in [1.54, 1.807) is 0 Å². The van der Waals surface area contributed by atoms with Gasteiger partial charge in [0.15, 0.2) is 0 Å². The molecule has 1 rings (SSSR count). The van der Waals surface area contributed by atoms with Crippen LogP contribution in [0.15, 0.2) is 23.8 Å². The SMILES string of the molecule is CC(=S)C1C=CC(C)=CC1.CCSC. The summed E-state index contributed by atoms with van der Waals surface area (Å²) in [7, 11) is 0. The molecule has 1 atom stereocenters. The number of hydrogen-bond acceptors (Lipinski definition) is 2. The molecule has 0 aliphatic heterocycles. The lowest BCUT2D eigenvalue weighted by atomic mass is 9.95. The summed E-state index contributed by atoms with van der Waals surface area (Å²) >= 11 is 6.93. The molecule has 1 aliphatic carbocycles. The molecule has 1 unspecified atom stereocenters. The molecule has 0 heterocycles. The van der Waals surface area contributed by atoms with E-state index < -0.39 is 0 Å². The molecule has 0 aromatic rings. The second kappa shape index (κ2) is 8.25. The zero-order chi connectivity index (χ0) is 11.0. The Kier molecular flexibility index (Phi) is 8.20. The van der Waals surface area contributed by atoms with Gasteiger partial charge < -0.3 is 0 Å². The van der Waals surface area contributed by atoms with Crippen LogP contribution in [-0.4, -0.2) is 16.9 Å². The molecule has 0 spiro atoms. The number of rotatable bonds is 2. The van der Waals surface area contributed by atoms with E-state index in [4.69, 9.17) is 12.2 Å². The molecule has 0 aromatic carbocycles. The fraction of sp³-hybridized carbons (Fsp3) is 0.583. The Hall–Kier alpha value is -0.0800. The molecule has 0 saturated heterocycles. The summed E-state index contributed by atoms with van der Waals surface area (Å²) in [5, 5.41) is 0. The Morgan fingerprint density at radius 1 is 1.64 bits per heavy atom. The molecule has 0 bridgehead atoms. The number of hydrogen-bond donors (Lipinski definition) is 0. The summed E-state index contributed by atoms with van der Waals surface area (Å²) in [5.74, 6) is 1.75. The average Bonchev–Trinajstić information content (AvgIpc) is 2.19. The molecule has 0 radical (unpaired) electrons. The monoisotopic (exact) mass is 228 g/mol. The van der Waals surface area contributed by atoms with Gasteiger partial charge in [-0.25, -0.2) is 0 Å². The minimum absolute atomic E-state index is 0.513. The number of allylic oxidation sites excluding steroid dienone is 4. The minimum atomic E-state index is 0.513. The lowest BCUT2D eigenvalue weighted by molar-refractivity contribution is 0.868.